The number of aromatic hydroxyl groups is 1. The van der Waals surface area contributed by atoms with Crippen molar-refractivity contribution in [2.45, 2.75) is 27.2 Å². The summed E-state index contributed by atoms with van der Waals surface area (Å²) in [7, 11) is 0. The molecule has 2 aromatic carbocycles. The summed E-state index contributed by atoms with van der Waals surface area (Å²) in [4.78, 5) is 12.0. The molecule has 0 aliphatic carbocycles. The van der Waals surface area contributed by atoms with Crippen molar-refractivity contribution in [2.24, 2.45) is 0 Å². The Morgan fingerprint density at radius 2 is 1.80 bits per heavy atom. The molecule has 3 nitrogen and oxygen atoms in total. The van der Waals surface area contributed by atoms with E-state index in [2.05, 4.69) is 5.32 Å². The standard InChI is InChI=1S/C17H19NO2/c1-11-4-6-15(12(2)8-11)18-17(20)10-14-5-7-16(19)13(3)9-14/h4-9,19H,10H2,1-3H3,(H,18,20). The summed E-state index contributed by atoms with van der Waals surface area (Å²) >= 11 is 0. The first kappa shape index (κ1) is 14.1. The number of phenolic OH excluding ortho intramolecular Hbond substituents is 1. The summed E-state index contributed by atoms with van der Waals surface area (Å²) in [5, 5.41) is 12.4. The number of carbonyl (C=O) groups excluding carboxylic acids is 1. The molecule has 0 unspecified atom stereocenters. The quantitative estimate of drug-likeness (QED) is 0.896. The maximum atomic E-state index is 12.0. The van der Waals surface area contributed by atoms with Crippen LogP contribution < -0.4 is 5.32 Å². The molecule has 0 atom stereocenters. The van der Waals surface area contributed by atoms with Gasteiger partial charge in [-0.25, -0.2) is 0 Å². The Morgan fingerprint density at radius 1 is 1.05 bits per heavy atom. The zero-order valence-electron chi connectivity index (χ0n) is 12.0. The van der Waals surface area contributed by atoms with Crippen molar-refractivity contribution >= 4 is 11.6 Å². The summed E-state index contributed by atoms with van der Waals surface area (Å²) < 4.78 is 0. The van der Waals surface area contributed by atoms with Crippen LogP contribution in [0.4, 0.5) is 5.69 Å². The minimum atomic E-state index is -0.0537. The van der Waals surface area contributed by atoms with Crippen LogP contribution in [-0.4, -0.2) is 11.0 Å². The van der Waals surface area contributed by atoms with Gasteiger partial charge in [-0.1, -0.05) is 29.8 Å². The van der Waals surface area contributed by atoms with E-state index >= 15 is 0 Å². The van der Waals surface area contributed by atoms with Crippen LogP contribution in [0.3, 0.4) is 0 Å². The van der Waals surface area contributed by atoms with E-state index in [0.29, 0.717) is 6.42 Å². The highest BCUT2D eigenvalue weighted by Gasteiger charge is 2.07. The second kappa shape index (κ2) is 5.78. The Morgan fingerprint density at radius 3 is 2.45 bits per heavy atom. The van der Waals surface area contributed by atoms with Crippen LogP contribution in [0, 0.1) is 20.8 Å². The molecule has 2 N–H and O–H groups in total. The zero-order valence-corrected chi connectivity index (χ0v) is 12.0. The monoisotopic (exact) mass is 269 g/mol. The summed E-state index contributed by atoms with van der Waals surface area (Å²) in [6.07, 6.45) is 0.300. The highest BCUT2D eigenvalue weighted by molar-refractivity contribution is 5.93. The highest BCUT2D eigenvalue weighted by atomic mass is 16.3. The normalized spacial score (nSPS) is 10.3. The van der Waals surface area contributed by atoms with E-state index in [0.717, 1.165) is 22.4 Å². The van der Waals surface area contributed by atoms with Crippen molar-refractivity contribution in [2.75, 3.05) is 5.32 Å². The third-order valence-electron chi connectivity index (χ3n) is 3.28. The predicted octanol–water partition coefficient (Wildman–Crippen LogP) is 3.50. The van der Waals surface area contributed by atoms with Crippen molar-refractivity contribution in [3.8, 4) is 5.75 Å². The fourth-order valence-electron chi connectivity index (χ4n) is 2.16. The molecule has 0 heterocycles. The van der Waals surface area contributed by atoms with Gasteiger partial charge in [-0.3, -0.25) is 4.79 Å². The average molecular weight is 269 g/mol. The van der Waals surface area contributed by atoms with Crippen LogP contribution in [0.25, 0.3) is 0 Å². The first-order valence-corrected chi connectivity index (χ1v) is 6.61. The van der Waals surface area contributed by atoms with Crippen molar-refractivity contribution in [3.63, 3.8) is 0 Å². The SMILES string of the molecule is Cc1ccc(NC(=O)Cc2ccc(O)c(C)c2)c(C)c1. The topological polar surface area (TPSA) is 49.3 Å². The van der Waals surface area contributed by atoms with E-state index in [-0.39, 0.29) is 11.7 Å². The third-order valence-corrected chi connectivity index (χ3v) is 3.28. The first-order valence-electron chi connectivity index (χ1n) is 6.61. The molecule has 20 heavy (non-hydrogen) atoms. The molecule has 0 saturated heterocycles. The van der Waals surface area contributed by atoms with Gasteiger partial charge in [0.1, 0.15) is 5.75 Å². The first-order chi connectivity index (χ1) is 9.45. The van der Waals surface area contributed by atoms with Gasteiger partial charge in [-0.15, -0.1) is 0 Å². The fourth-order valence-corrected chi connectivity index (χ4v) is 2.16. The molecule has 3 heteroatoms. The van der Waals surface area contributed by atoms with Crippen LogP contribution in [-0.2, 0) is 11.2 Å². The van der Waals surface area contributed by atoms with Crippen molar-refractivity contribution in [3.05, 3.63) is 58.7 Å². The Bertz CT molecular complexity index is 647. The second-order valence-corrected chi connectivity index (χ2v) is 5.16. The summed E-state index contributed by atoms with van der Waals surface area (Å²) in [6.45, 7) is 5.83. The van der Waals surface area contributed by atoms with Crippen LogP contribution >= 0.6 is 0 Å². The van der Waals surface area contributed by atoms with Gasteiger partial charge in [0.15, 0.2) is 0 Å². The molecular formula is C17H19NO2. The molecule has 0 aliphatic heterocycles. The molecule has 0 radical (unpaired) electrons. The van der Waals surface area contributed by atoms with E-state index in [1.165, 1.54) is 5.56 Å². The number of nitrogens with one attached hydrogen (secondary N) is 1. The van der Waals surface area contributed by atoms with Crippen LogP contribution in [0.5, 0.6) is 5.75 Å². The summed E-state index contributed by atoms with van der Waals surface area (Å²) in [6, 6.07) is 11.2. The molecule has 104 valence electrons. The van der Waals surface area contributed by atoms with Crippen LogP contribution in [0.2, 0.25) is 0 Å². The molecule has 0 fully saturated rings. The Kier molecular flexibility index (Phi) is 4.08. The number of amides is 1. The maximum absolute atomic E-state index is 12.0. The van der Waals surface area contributed by atoms with Crippen LogP contribution in [0.1, 0.15) is 22.3 Å². The van der Waals surface area contributed by atoms with Gasteiger partial charge in [-0.2, -0.15) is 0 Å². The molecule has 0 aromatic heterocycles. The molecule has 0 saturated carbocycles. The molecule has 0 spiro atoms. The summed E-state index contributed by atoms with van der Waals surface area (Å²) in [5.74, 6) is 0.200. The van der Waals surface area contributed by atoms with E-state index in [1.807, 2.05) is 45.0 Å². The fraction of sp³-hybridized carbons (Fsp3) is 0.235. The minimum absolute atomic E-state index is 0.0537. The minimum Gasteiger partial charge on any atom is -0.508 e. The lowest BCUT2D eigenvalue weighted by atomic mass is 10.1. The Balaban J connectivity index is 2.07. The number of aryl methyl sites for hydroxylation is 3. The van der Waals surface area contributed by atoms with Gasteiger partial charge in [0.2, 0.25) is 5.91 Å². The molecule has 2 aromatic rings. The van der Waals surface area contributed by atoms with Crippen molar-refractivity contribution < 1.29 is 9.90 Å². The molecule has 2 rings (SSSR count). The number of carbonyl (C=O) groups is 1. The van der Waals surface area contributed by atoms with E-state index in [1.54, 1.807) is 12.1 Å². The highest BCUT2D eigenvalue weighted by Crippen LogP contribution is 2.19. The Labute approximate surface area is 119 Å². The maximum Gasteiger partial charge on any atom is 0.228 e. The van der Waals surface area contributed by atoms with E-state index in [4.69, 9.17) is 0 Å². The number of hydrogen-bond donors (Lipinski definition) is 2. The molecular weight excluding hydrogens is 250 g/mol. The largest absolute Gasteiger partial charge is 0.508 e. The van der Waals surface area contributed by atoms with Gasteiger partial charge >= 0.3 is 0 Å². The van der Waals surface area contributed by atoms with Gasteiger partial charge in [0.05, 0.1) is 6.42 Å². The molecule has 0 aliphatic rings. The van der Waals surface area contributed by atoms with Gasteiger partial charge in [0.25, 0.3) is 0 Å². The number of anilines is 1. The smallest absolute Gasteiger partial charge is 0.228 e. The van der Waals surface area contributed by atoms with Gasteiger partial charge < -0.3 is 10.4 Å². The van der Waals surface area contributed by atoms with Crippen molar-refractivity contribution in [1.82, 2.24) is 0 Å². The van der Waals surface area contributed by atoms with E-state index < -0.39 is 0 Å². The average Bonchev–Trinajstić information content (AvgIpc) is 2.37. The van der Waals surface area contributed by atoms with E-state index in [9.17, 15) is 9.90 Å². The van der Waals surface area contributed by atoms with Crippen molar-refractivity contribution in [1.29, 1.82) is 0 Å². The van der Waals surface area contributed by atoms with Gasteiger partial charge in [0, 0.05) is 5.69 Å². The molecule has 0 bridgehead atoms. The number of phenols is 1. The second-order valence-electron chi connectivity index (χ2n) is 5.16. The lowest BCUT2D eigenvalue weighted by Gasteiger charge is -2.09. The zero-order chi connectivity index (χ0) is 14.7. The number of hydrogen-bond acceptors (Lipinski definition) is 2. The number of benzene rings is 2. The summed E-state index contributed by atoms with van der Waals surface area (Å²) in [5.41, 5.74) is 4.75. The lowest BCUT2D eigenvalue weighted by Crippen LogP contribution is -2.15. The molecule has 1 amide bonds. The van der Waals surface area contributed by atoms with Gasteiger partial charge in [-0.05, 0) is 49.6 Å². The lowest BCUT2D eigenvalue weighted by molar-refractivity contribution is -0.115. The third kappa shape index (κ3) is 3.38. The predicted molar refractivity (Wildman–Crippen MR) is 81.1 cm³/mol. The Hall–Kier alpha value is -2.29. The van der Waals surface area contributed by atoms with Crippen LogP contribution in [0.15, 0.2) is 36.4 Å². The number of rotatable bonds is 3.